The number of hydrogen-bond acceptors (Lipinski definition) is 4. The van der Waals surface area contributed by atoms with Crippen molar-refractivity contribution in [2.24, 2.45) is 5.92 Å². The summed E-state index contributed by atoms with van der Waals surface area (Å²) >= 11 is 0. The van der Waals surface area contributed by atoms with Gasteiger partial charge in [-0.25, -0.2) is 0 Å². The smallest absolute Gasteiger partial charge is 0.307 e. The lowest BCUT2D eigenvalue weighted by molar-refractivity contribution is -0.143. The molecule has 0 radical (unpaired) electrons. The maximum atomic E-state index is 12.6. The van der Waals surface area contributed by atoms with Gasteiger partial charge in [-0.15, -0.1) is 0 Å². The monoisotopic (exact) mass is 388 g/mol. The van der Waals surface area contributed by atoms with Gasteiger partial charge in [-0.1, -0.05) is 31.4 Å². The molecule has 1 fully saturated rings. The van der Waals surface area contributed by atoms with Gasteiger partial charge in [0.1, 0.15) is 0 Å². The lowest BCUT2D eigenvalue weighted by Gasteiger charge is -2.21. The molecule has 0 spiro atoms. The molecule has 6 heteroatoms. The van der Waals surface area contributed by atoms with E-state index in [1.54, 1.807) is 24.0 Å². The second-order valence-corrected chi connectivity index (χ2v) is 7.19. The van der Waals surface area contributed by atoms with E-state index in [-0.39, 0.29) is 30.1 Å². The SMILES string of the molecule is CCOC(=O)CCN(CC)C(=O)c1ccc(CNC(=O)C2CCCCC2)cc1. The fourth-order valence-corrected chi connectivity index (χ4v) is 3.51. The van der Waals surface area contributed by atoms with E-state index in [4.69, 9.17) is 4.74 Å². The highest BCUT2D eigenvalue weighted by Gasteiger charge is 2.20. The third-order valence-corrected chi connectivity index (χ3v) is 5.20. The van der Waals surface area contributed by atoms with E-state index in [1.165, 1.54) is 6.42 Å². The molecule has 154 valence electrons. The van der Waals surface area contributed by atoms with Gasteiger partial charge in [-0.05, 0) is 44.4 Å². The number of nitrogens with one attached hydrogen (secondary N) is 1. The second kappa shape index (κ2) is 11.5. The number of ether oxygens (including phenoxy) is 1. The summed E-state index contributed by atoms with van der Waals surface area (Å²) in [5.41, 5.74) is 1.54. The molecule has 1 aromatic rings. The van der Waals surface area contributed by atoms with Gasteiger partial charge in [0.25, 0.3) is 5.91 Å². The zero-order valence-corrected chi connectivity index (χ0v) is 17.0. The Morgan fingerprint density at radius 2 is 1.75 bits per heavy atom. The van der Waals surface area contributed by atoms with E-state index in [1.807, 2.05) is 19.1 Å². The molecule has 1 saturated carbocycles. The van der Waals surface area contributed by atoms with Crippen molar-refractivity contribution >= 4 is 17.8 Å². The molecular formula is C22H32N2O4. The van der Waals surface area contributed by atoms with Crippen molar-refractivity contribution in [1.29, 1.82) is 0 Å². The molecular weight excluding hydrogens is 356 g/mol. The van der Waals surface area contributed by atoms with Gasteiger partial charge in [0.15, 0.2) is 0 Å². The largest absolute Gasteiger partial charge is 0.466 e. The van der Waals surface area contributed by atoms with Gasteiger partial charge in [-0.2, -0.15) is 0 Å². The number of carbonyl (C=O) groups is 3. The zero-order valence-electron chi connectivity index (χ0n) is 17.0. The normalized spacial score (nSPS) is 14.4. The first-order valence-corrected chi connectivity index (χ1v) is 10.4. The summed E-state index contributed by atoms with van der Waals surface area (Å²) < 4.78 is 4.92. The van der Waals surface area contributed by atoms with Gasteiger partial charge in [-0.3, -0.25) is 14.4 Å². The fourth-order valence-electron chi connectivity index (χ4n) is 3.51. The highest BCUT2D eigenvalue weighted by molar-refractivity contribution is 5.94. The van der Waals surface area contributed by atoms with Crippen LogP contribution in [-0.4, -0.2) is 42.4 Å². The number of esters is 1. The van der Waals surface area contributed by atoms with Crippen molar-refractivity contribution in [2.45, 2.75) is 58.9 Å². The van der Waals surface area contributed by atoms with Crippen LogP contribution >= 0.6 is 0 Å². The number of benzene rings is 1. The molecule has 0 aliphatic heterocycles. The summed E-state index contributed by atoms with van der Waals surface area (Å²) in [7, 11) is 0. The van der Waals surface area contributed by atoms with Crippen LogP contribution in [0.1, 0.15) is 68.3 Å². The molecule has 1 aliphatic rings. The minimum Gasteiger partial charge on any atom is -0.466 e. The van der Waals surface area contributed by atoms with Crippen LogP contribution in [-0.2, 0) is 20.9 Å². The lowest BCUT2D eigenvalue weighted by Crippen LogP contribution is -2.33. The molecule has 0 bridgehead atoms. The molecule has 0 atom stereocenters. The van der Waals surface area contributed by atoms with Gasteiger partial charge in [0.2, 0.25) is 5.91 Å². The van der Waals surface area contributed by atoms with Crippen molar-refractivity contribution < 1.29 is 19.1 Å². The molecule has 1 N–H and O–H groups in total. The number of nitrogens with zero attached hydrogens (tertiary/aromatic N) is 1. The molecule has 1 aromatic carbocycles. The van der Waals surface area contributed by atoms with Crippen LogP contribution in [0.4, 0.5) is 0 Å². The minimum atomic E-state index is -0.294. The third-order valence-electron chi connectivity index (χ3n) is 5.20. The molecule has 2 rings (SSSR count). The molecule has 0 aromatic heterocycles. The van der Waals surface area contributed by atoms with Gasteiger partial charge < -0.3 is 15.0 Å². The predicted molar refractivity (Wildman–Crippen MR) is 108 cm³/mol. The second-order valence-electron chi connectivity index (χ2n) is 7.19. The Bertz CT molecular complexity index is 651. The highest BCUT2D eigenvalue weighted by Crippen LogP contribution is 2.23. The van der Waals surface area contributed by atoms with Gasteiger partial charge in [0, 0.05) is 31.1 Å². The maximum Gasteiger partial charge on any atom is 0.307 e. The quantitative estimate of drug-likeness (QED) is 0.659. The highest BCUT2D eigenvalue weighted by atomic mass is 16.5. The molecule has 0 unspecified atom stereocenters. The average molecular weight is 389 g/mol. The molecule has 1 aliphatic carbocycles. The third kappa shape index (κ3) is 6.66. The summed E-state index contributed by atoms with van der Waals surface area (Å²) in [4.78, 5) is 38.0. The van der Waals surface area contributed by atoms with E-state index < -0.39 is 0 Å². The summed E-state index contributed by atoms with van der Waals surface area (Å²) in [6.07, 6.45) is 5.67. The number of rotatable bonds is 9. The van der Waals surface area contributed by atoms with Crippen molar-refractivity contribution in [3.8, 4) is 0 Å². The molecule has 0 saturated heterocycles. The number of hydrogen-bond donors (Lipinski definition) is 1. The fraction of sp³-hybridized carbons (Fsp3) is 0.591. The first-order valence-electron chi connectivity index (χ1n) is 10.4. The van der Waals surface area contributed by atoms with Crippen LogP contribution in [0.15, 0.2) is 24.3 Å². The Hall–Kier alpha value is -2.37. The Labute approximate surface area is 167 Å². The van der Waals surface area contributed by atoms with Gasteiger partial charge >= 0.3 is 5.97 Å². The maximum absolute atomic E-state index is 12.6. The van der Waals surface area contributed by atoms with E-state index in [2.05, 4.69) is 5.32 Å². The van der Waals surface area contributed by atoms with Crippen molar-refractivity contribution in [3.05, 3.63) is 35.4 Å². The Morgan fingerprint density at radius 1 is 1.07 bits per heavy atom. The van der Waals surface area contributed by atoms with Crippen LogP contribution < -0.4 is 5.32 Å². The van der Waals surface area contributed by atoms with Crippen molar-refractivity contribution in [3.63, 3.8) is 0 Å². The lowest BCUT2D eigenvalue weighted by atomic mass is 9.88. The Morgan fingerprint density at radius 3 is 2.36 bits per heavy atom. The number of carbonyl (C=O) groups excluding carboxylic acids is 3. The summed E-state index contributed by atoms with van der Waals surface area (Å²) in [5, 5.41) is 3.01. The van der Waals surface area contributed by atoms with Crippen LogP contribution in [0.25, 0.3) is 0 Å². The van der Waals surface area contributed by atoms with E-state index in [0.717, 1.165) is 31.2 Å². The summed E-state index contributed by atoms with van der Waals surface area (Å²) in [6.45, 7) is 5.34. The standard InChI is InChI=1S/C22H32N2O4/c1-3-24(15-14-20(25)28-4-2)22(27)19-12-10-17(11-13-19)16-23-21(26)18-8-6-5-7-9-18/h10-13,18H,3-9,14-16H2,1-2H3,(H,23,26). The minimum absolute atomic E-state index is 0.107. The van der Waals surface area contributed by atoms with Crippen LogP contribution in [0.3, 0.4) is 0 Å². The van der Waals surface area contributed by atoms with Crippen LogP contribution in [0.5, 0.6) is 0 Å². The Kier molecular flexibility index (Phi) is 8.98. The Balaban J connectivity index is 1.85. The predicted octanol–water partition coefficient (Wildman–Crippen LogP) is 3.30. The van der Waals surface area contributed by atoms with Crippen molar-refractivity contribution in [1.82, 2.24) is 10.2 Å². The first kappa shape index (κ1) is 21.9. The zero-order chi connectivity index (χ0) is 20.4. The number of amides is 2. The first-order chi connectivity index (χ1) is 13.5. The topological polar surface area (TPSA) is 75.7 Å². The summed E-state index contributed by atoms with van der Waals surface area (Å²) in [5.74, 6) is -0.120. The van der Waals surface area contributed by atoms with E-state index in [9.17, 15) is 14.4 Å². The molecule has 0 heterocycles. The van der Waals surface area contributed by atoms with Crippen LogP contribution in [0, 0.1) is 5.92 Å². The van der Waals surface area contributed by atoms with Gasteiger partial charge in [0.05, 0.1) is 13.0 Å². The van der Waals surface area contributed by atoms with E-state index in [0.29, 0.717) is 31.8 Å². The summed E-state index contributed by atoms with van der Waals surface area (Å²) in [6, 6.07) is 7.29. The van der Waals surface area contributed by atoms with Crippen LogP contribution in [0.2, 0.25) is 0 Å². The molecule has 2 amide bonds. The molecule has 6 nitrogen and oxygen atoms in total. The average Bonchev–Trinajstić information content (AvgIpc) is 2.73. The molecule has 28 heavy (non-hydrogen) atoms. The van der Waals surface area contributed by atoms with Crippen molar-refractivity contribution in [2.75, 3.05) is 19.7 Å². The van der Waals surface area contributed by atoms with E-state index >= 15 is 0 Å².